The number of carbonyl (C=O) groups excluding carboxylic acids is 1. The lowest BCUT2D eigenvalue weighted by atomic mass is 9.84. The van der Waals surface area contributed by atoms with E-state index in [1.807, 2.05) is 20.8 Å². The van der Waals surface area contributed by atoms with Crippen molar-refractivity contribution in [3.05, 3.63) is 35.4 Å². The van der Waals surface area contributed by atoms with Crippen LogP contribution in [0.25, 0.3) is 0 Å². The highest BCUT2D eigenvalue weighted by atomic mass is 16.6. The average Bonchev–Trinajstić information content (AvgIpc) is 2.85. The Morgan fingerprint density at radius 3 is 2.65 bits per heavy atom. The first kappa shape index (κ1) is 16.5. The molecule has 0 amide bonds. The molecular formula is C19H27NO3. The molecule has 0 bridgehead atoms. The number of benzene rings is 1. The van der Waals surface area contributed by atoms with E-state index in [-0.39, 0.29) is 11.6 Å². The summed E-state index contributed by atoms with van der Waals surface area (Å²) >= 11 is 0. The first-order chi connectivity index (χ1) is 10.9. The maximum atomic E-state index is 11.8. The minimum Gasteiger partial charge on any atom is -0.460 e. The zero-order valence-corrected chi connectivity index (χ0v) is 14.4. The second-order valence-corrected chi connectivity index (χ2v) is 7.62. The van der Waals surface area contributed by atoms with Crippen LogP contribution in [0.2, 0.25) is 0 Å². The van der Waals surface area contributed by atoms with Gasteiger partial charge in [0.25, 0.3) is 0 Å². The van der Waals surface area contributed by atoms with Gasteiger partial charge in [0.1, 0.15) is 5.60 Å². The van der Waals surface area contributed by atoms with E-state index in [4.69, 9.17) is 9.47 Å². The molecule has 126 valence electrons. The topological polar surface area (TPSA) is 38.8 Å². The number of hydrogen-bond acceptors (Lipinski definition) is 4. The predicted octanol–water partition coefficient (Wildman–Crippen LogP) is 3.24. The van der Waals surface area contributed by atoms with Gasteiger partial charge < -0.3 is 14.4 Å². The van der Waals surface area contributed by atoms with Gasteiger partial charge in [-0.25, -0.2) is 0 Å². The van der Waals surface area contributed by atoms with Crippen molar-refractivity contribution in [3.63, 3.8) is 0 Å². The number of nitrogens with zero attached hydrogens (tertiary/aromatic N) is 1. The van der Waals surface area contributed by atoms with Gasteiger partial charge in [-0.3, -0.25) is 4.79 Å². The number of ether oxygens (including phenoxy) is 2. The predicted molar refractivity (Wildman–Crippen MR) is 89.0 cm³/mol. The van der Waals surface area contributed by atoms with Crippen LogP contribution in [0.15, 0.2) is 24.3 Å². The van der Waals surface area contributed by atoms with Crippen LogP contribution >= 0.6 is 0 Å². The summed E-state index contributed by atoms with van der Waals surface area (Å²) in [5.41, 5.74) is 2.20. The van der Waals surface area contributed by atoms with Gasteiger partial charge in [-0.1, -0.05) is 24.3 Å². The first-order valence-electron chi connectivity index (χ1n) is 8.55. The Hall–Kier alpha value is -1.39. The van der Waals surface area contributed by atoms with Crippen LogP contribution in [0.3, 0.4) is 0 Å². The SMILES string of the molecule is CC(C)(C)OC(=O)CCN1CCC2(CC1)OCc1ccccc12. The lowest BCUT2D eigenvalue weighted by Gasteiger charge is -2.39. The number of hydrogen-bond donors (Lipinski definition) is 0. The molecule has 0 aromatic heterocycles. The van der Waals surface area contributed by atoms with Crippen molar-refractivity contribution in [1.82, 2.24) is 4.90 Å². The van der Waals surface area contributed by atoms with E-state index in [0.29, 0.717) is 6.42 Å². The molecule has 0 saturated carbocycles. The maximum Gasteiger partial charge on any atom is 0.307 e. The molecule has 3 rings (SSSR count). The van der Waals surface area contributed by atoms with Gasteiger partial charge in [0.2, 0.25) is 0 Å². The summed E-state index contributed by atoms with van der Waals surface area (Å²) in [7, 11) is 0. The Labute approximate surface area is 138 Å². The zero-order valence-electron chi connectivity index (χ0n) is 14.4. The monoisotopic (exact) mass is 317 g/mol. The molecule has 2 aliphatic rings. The molecule has 0 aliphatic carbocycles. The van der Waals surface area contributed by atoms with Crippen molar-refractivity contribution in [1.29, 1.82) is 0 Å². The highest BCUT2D eigenvalue weighted by molar-refractivity contribution is 5.70. The molecule has 1 aromatic rings. The van der Waals surface area contributed by atoms with E-state index in [1.165, 1.54) is 11.1 Å². The fourth-order valence-electron chi connectivity index (χ4n) is 3.58. The summed E-state index contributed by atoms with van der Waals surface area (Å²) < 4.78 is 11.6. The van der Waals surface area contributed by atoms with Crippen molar-refractivity contribution >= 4 is 5.97 Å². The van der Waals surface area contributed by atoms with Crippen molar-refractivity contribution in [2.45, 2.75) is 57.8 Å². The number of likely N-dealkylation sites (tertiary alicyclic amines) is 1. The summed E-state index contributed by atoms with van der Waals surface area (Å²) in [6, 6.07) is 8.55. The van der Waals surface area contributed by atoms with Gasteiger partial charge in [-0.15, -0.1) is 0 Å². The largest absolute Gasteiger partial charge is 0.460 e. The molecule has 1 fully saturated rings. The molecule has 4 nitrogen and oxygen atoms in total. The van der Waals surface area contributed by atoms with E-state index < -0.39 is 5.60 Å². The second-order valence-electron chi connectivity index (χ2n) is 7.62. The molecular weight excluding hydrogens is 290 g/mol. The Morgan fingerprint density at radius 1 is 1.26 bits per heavy atom. The number of rotatable bonds is 3. The molecule has 0 radical (unpaired) electrons. The van der Waals surface area contributed by atoms with E-state index in [0.717, 1.165) is 39.1 Å². The van der Waals surface area contributed by atoms with E-state index in [9.17, 15) is 4.79 Å². The second kappa shape index (κ2) is 6.25. The van der Waals surface area contributed by atoms with E-state index >= 15 is 0 Å². The quantitative estimate of drug-likeness (QED) is 0.802. The van der Waals surface area contributed by atoms with Gasteiger partial charge in [0, 0.05) is 19.6 Å². The van der Waals surface area contributed by atoms with Crippen molar-refractivity contribution < 1.29 is 14.3 Å². The van der Waals surface area contributed by atoms with Crippen LogP contribution in [0, 0.1) is 0 Å². The summed E-state index contributed by atoms with van der Waals surface area (Å²) in [6.07, 6.45) is 2.46. The van der Waals surface area contributed by atoms with E-state index in [1.54, 1.807) is 0 Å². The number of fused-ring (bicyclic) bond motifs is 2. The van der Waals surface area contributed by atoms with Gasteiger partial charge in [0.05, 0.1) is 18.6 Å². The van der Waals surface area contributed by atoms with E-state index in [2.05, 4.69) is 29.2 Å². The molecule has 2 heterocycles. The third-order valence-corrected chi connectivity index (χ3v) is 4.73. The third-order valence-electron chi connectivity index (χ3n) is 4.73. The minimum absolute atomic E-state index is 0.0982. The van der Waals surface area contributed by atoms with Crippen LogP contribution in [-0.2, 0) is 26.5 Å². The van der Waals surface area contributed by atoms with Crippen LogP contribution in [0.5, 0.6) is 0 Å². The highest BCUT2D eigenvalue weighted by Crippen LogP contribution is 2.43. The summed E-state index contributed by atoms with van der Waals surface area (Å²) in [5.74, 6) is -0.111. The van der Waals surface area contributed by atoms with Gasteiger partial charge in [-0.05, 0) is 44.7 Å². The lowest BCUT2D eigenvalue weighted by Crippen LogP contribution is -2.43. The fourth-order valence-corrected chi connectivity index (χ4v) is 3.58. The molecule has 2 aliphatic heterocycles. The Bertz CT molecular complexity index is 568. The van der Waals surface area contributed by atoms with Crippen LogP contribution < -0.4 is 0 Å². The molecule has 1 spiro atoms. The Morgan fingerprint density at radius 2 is 1.96 bits per heavy atom. The summed E-state index contributed by atoms with van der Waals surface area (Å²) in [4.78, 5) is 14.2. The van der Waals surface area contributed by atoms with Crippen molar-refractivity contribution in [2.75, 3.05) is 19.6 Å². The lowest BCUT2D eigenvalue weighted by molar-refractivity contribution is -0.155. The van der Waals surface area contributed by atoms with Gasteiger partial charge >= 0.3 is 5.97 Å². The summed E-state index contributed by atoms with van der Waals surface area (Å²) in [6.45, 7) is 9.16. The minimum atomic E-state index is -0.398. The molecule has 0 atom stereocenters. The fraction of sp³-hybridized carbons (Fsp3) is 0.632. The summed E-state index contributed by atoms with van der Waals surface area (Å²) in [5, 5.41) is 0. The molecule has 1 saturated heterocycles. The molecule has 23 heavy (non-hydrogen) atoms. The first-order valence-corrected chi connectivity index (χ1v) is 8.55. The molecule has 0 N–H and O–H groups in total. The molecule has 4 heteroatoms. The number of carbonyl (C=O) groups is 1. The zero-order chi connectivity index (χ0) is 16.5. The van der Waals surface area contributed by atoms with Crippen molar-refractivity contribution in [3.8, 4) is 0 Å². The third kappa shape index (κ3) is 3.75. The van der Waals surface area contributed by atoms with Crippen molar-refractivity contribution in [2.24, 2.45) is 0 Å². The molecule has 1 aromatic carbocycles. The number of esters is 1. The van der Waals surface area contributed by atoms with Gasteiger partial charge in [-0.2, -0.15) is 0 Å². The molecule has 0 unspecified atom stereocenters. The normalized spacial score (nSPS) is 20.5. The van der Waals surface area contributed by atoms with Crippen LogP contribution in [0.4, 0.5) is 0 Å². The Kier molecular flexibility index (Phi) is 4.47. The maximum absolute atomic E-state index is 11.8. The Balaban J connectivity index is 1.51. The van der Waals surface area contributed by atoms with Crippen LogP contribution in [0.1, 0.15) is 51.2 Å². The smallest absolute Gasteiger partial charge is 0.307 e. The van der Waals surface area contributed by atoms with Gasteiger partial charge in [0.15, 0.2) is 0 Å². The van der Waals surface area contributed by atoms with Crippen LogP contribution in [-0.4, -0.2) is 36.1 Å². The standard InChI is InChI=1S/C19H27NO3/c1-18(2,3)23-17(21)8-11-20-12-9-19(10-13-20)16-7-5-4-6-15(16)14-22-19/h4-7H,8-14H2,1-3H3. The highest BCUT2D eigenvalue weighted by Gasteiger charge is 2.42. The number of piperidine rings is 1. The average molecular weight is 317 g/mol.